The number of amides is 1. The van der Waals surface area contributed by atoms with Gasteiger partial charge in [0.2, 0.25) is 0 Å². The van der Waals surface area contributed by atoms with Crippen LogP contribution in [0.4, 0.5) is 13.2 Å². The summed E-state index contributed by atoms with van der Waals surface area (Å²) < 4.78 is 41.3. The second-order valence-electron chi connectivity index (χ2n) is 4.80. The Morgan fingerprint density at radius 1 is 1.41 bits per heavy atom. The Balaban J connectivity index is 2.03. The third kappa shape index (κ3) is 4.01. The molecular weight excluding hydrogens is 317 g/mol. The first-order valence-electron chi connectivity index (χ1n) is 6.63. The molecule has 1 aromatic rings. The van der Waals surface area contributed by atoms with Crippen molar-refractivity contribution in [3.63, 3.8) is 0 Å². The first-order valence-corrected chi connectivity index (χ1v) is 7.46. The SMILES string of the molecule is O=C(N[C@H](CF)[C@H](O)c1ccc(C2CC=NS2)cc1)C(F)F. The van der Waals surface area contributed by atoms with Crippen LogP contribution in [0.3, 0.4) is 0 Å². The second-order valence-corrected chi connectivity index (χ2v) is 5.79. The van der Waals surface area contributed by atoms with Crippen molar-refractivity contribution in [1.82, 2.24) is 5.32 Å². The standard InChI is InChI=1S/C14H15F3N2O2S/c15-7-10(19-14(21)13(16)17)12(20)9-3-1-8(2-4-9)11-5-6-18-22-11/h1-4,6,10-13,20H,5,7H2,(H,19,21)/t10-,11?,12-/m1/s1. The van der Waals surface area contributed by atoms with Crippen molar-refractivity contribution in [3.8, 4) is 0 Å². The van der Waals surface area contributed by atoms with Gasteiger partial charge in [-0.05, 0) is 23.1 Å². The van der Waals surface area contributed by atoms with Gasteiger partial charge in [0.05, 0.1) is 11.3 Å². The highest BCUT2D eigenvalue weighted by Gasteiger charge is 2.26. The molecule has 0 bridgehead atoms. The summed E-state index contributed by atoms with van der Waals surface area (Å²) in [7, 11) is 0. The van der Waals surface area contributed by atoms with Crippen LogP contribution in [0.1, 0.15) is 28.9 Å². The molecule has 0 saturated carbocycles. The van der Waals surface area contributed by atoms with Crippen LogP contribution >= 0.6 is 11.9 Å². The topological polar surface area (TPSA) is 61.7 Å². The predicted molar refractivity (Wildman–Crippen MR) is 78.8 cm³/mol. The number of hydrogen-bond donors (Lipinski definition) is 2. The highest BCUT2D eigenvalue weighted by molar-refractivity contribution is 7.98. The summed E-state index contributed by atoms with van der Waals surface area (Å²) in [5.74, 6) is -1.60. The van der Waals surface area contributed by atoms with E-state index in [1.165, 1.54) is 11.9 Å². The molecule has 120 valence electrons. The van der Waals surface area contributed by atoms with Crippen LogP contribution in [-0.2, 0) is 4.79 Å². The van der Waals surface area contributed by atoms with Gasteiger partial charge in [-0.3, -0.25) is 4.79 Å². The normalized spacial score (nSPS) is 20.1. The molecule has 8 heteroatoms. The summed E-state index contributed by atoms with van der Waals surface area (Å²) in [6.45, 7) is -1.15. The van der Waals surface area contributed by atoms with Crippen LogP contribution in [0.25, 0.3) is 0 Å². The van der Waals surface area contributed by atoms with E-state index >= 15 is 0 Å². The van der Waals surface area contributed by atoms with E-state index in [-0.39, 0.29) is 5.25 Å². The van der Waals surface area contributed by atoms with E-state index in [1.54, 1.807) is 29.6 Å². The largest absolute Gasteiger partial charge is 0.386 e. The van der Waals surface area contributed by atoms with E-state index in [0.29, 0.717) is 5.56 Å². The third-order valence-corrected chi connectivity index (χ3v) is 4.29. The van der Waals surface area contributed by atoms with Crippen molar-refractivity contribution in [2.24, 2.45) is 4.40 Å². The molecule has 1 aromatic carbocycles. The first kappa shape index (κ1) is 16.8. The third-order valence-electron chi connectivity index (χ3n) is 3.31. The van der Waals surface area contributed by atoms with Gasteiger partial charge in [0, 0.05) is 12.6 Å². The number of nitrogens with zero attached hydrogens (tertiary/aromatic N) is 1. The maximum Gasteiger partial charge on any atom is 0.315 e. The molecule has 0 fully saturated rings. The van der Waals surface area contributed by atoms with E-state index in [4.69, 9.17) is 0 Å². The molecule has 0 aliphatic carbocycles. The van der Waals surface area contributed by atoms with E-state index in [2.05, 4.69) is 4.40 Å². The lowest BCUT2D eigenvalue weighted by Gasteiger charge is -2.22. The molecule has 0 spiro atoms. The average Bonchev–Trinajstić information content (AvgIpc) is 3.06. The van der Waals surface area contributed by atoms with Gasteiger partial charge >= 0.3 is 6.43 Å². The lowest BCUT2D eigenvalue weighted by Crippen LogP contribution is -2.43. The Kier molecular flexibility index (Phi) is 5.84. The summed E-state index contributed by atoms with van der Waals surface area (Å²) in [4.78, 5) is 10.9. The number of nitrogens with one attached hydrogen (secondary N) is 1. The van der Waals surface area contributed by atoms with Crippen LogP contribution in [0.5, 0.6) is 0 Å². The molecule has 22 heavy (non-hydrogen) atoms. The number of carbonyl (C=O) groups excluding carboxylic acids is 1. The summed E-state index contributed by atoms with van der Waals surface area (Å²) >= 11 is 1.44. The molecule has 0 radical (unpaired) electrons. The number of carbonyl (C=O) groups is 1. The fourth-order valence-corrected chi connectivity index (χ4v) is 2.85. The minimum Gasteiger partial charge on any atom is -0.386 e. The Hall–Kier alpha value is -1.54. The Morgan fingerprint density at radius 2 is 2.09 bits per heavy atom. The maximum atomic E-state index is 12.9. The van der Waals surface area contributed by atoms with Crippen LogP contribution in [0.15, 0.2) is 28.7 Å². The fraction of sp³-hybridized carbons (Fsp3) is 0.429. The molecule has 1 unspecified atom stereocenters. The molecular formula is C14H15F3N2O2S. The van der Waals surface area contributed by atoms with Gasteiger partial charge in [-0.1, -0.05) is 24.3 Å². The average molecular weight is 332 g/mol. The summed E-state index contributed by atoms with van der Waals surface area (Å²) in [5, 5.41) is 12.0. The molecule has 4 nitrogen and oxygen atoms in total. The van der Waals surface area contributed by atoms with Crippen molar-refractivity contribution in [2.75, 3.05) is 6.67 Å². The lowest BCUT2D eigenvalue weighted by molar-refractivity contribution is -0.133. The van der Waals surface area contributed by atoms with Gasteiger partial charge in [-0.2, -0.15) is 8.78 Å². The van der Waals surface area contributed by atoms with Gasteiger partial charge in [-0.15, -0.1) is 0 Å². The zero-order valence-corrected chi connectivity index (χ0v) is 12.3. The number of hydrogen-bond acceptors (Lipinski definition) is 4. The van der Waals surface area contributed by atoms with E-state index in [1.807, 2.05) is 6.21 Å². The lowest BCUT2D eigenvalue weighted by atomic mass is 10.00. The molecule has 1 amide bonds. The zero-order valence-electron chi connectivity index (χ0n) is 11.5. The summed E-state index contributed by atoms with van der Waals surface area (Å²) in [5.41, 5.74) is 1.36. The Morgan fingerprint density at radius 3 is 2.59 bits per heavy atom. The molecule has 0 aromatic heterocycles. The predicted octanol–water partition coefficient (Wildman–Crippen LogP) is 2.60. The van der Waals surface area contributed by atoms with E-state index < -0.39 is 31.2 Å². The number of rotatable bonds is 6. The van der Waals surface area contributed by atoms with Crippen LogP contribution in [0, 0.1) is 0 Å². The molecule has 1 heterocycles. The molecule has 2 rings (SSSR count). The summed E-state index contributed by atoms with van der Waals surface area (Å²) in [6, 6.07) is 5.33. The quantitative estimate of drug-likeness (QED) is 0.787. The van der Waals surface area contributed by atoms with Crippen LogP contribution in [0.2, 0.25) is 0 Å². The molecule has 2 N–H and O–H groups in total. The molecule has 3 atom stereocenters. The van der Waals surface area contributed by atoms with Gasteiger partial charge < -0.3 is 10.4 Å². The number of aliphatic hydroxyl groups excluding tert-OH is 1. The second kappa shape index (κ2) is 7.64. The Labute approximate surface area is 130 Å². The zero-order chi connectivity index (χ0) is 16.1. The fourth-order valence-electron chi connectivity index (χ4n) is 2.08. The number of halogens is 3. The number of aliphatic hydroxyl groups is 1. The number of benzene rings is 1. The molecule has 0 saturated heterocycles. The minimum absolute atomic E-state index is 0.210. The summed E-state index contributed by atoms with van der Waals surface area (Å²) in [6.07, 6.45) is -2.02. The Bertz CT molecular complexity index is 531. The van der Waals surface area contributed by atoms with Crippen molar-refractivity contribution >= 4 is 24.1 Å². The van der Waals surface area contributed by atoms with Gasteiger partial charge in [0.15, 0.2) is 0 Å². The monoisotopic (exact) mass is 332 g/mol. The van der Waals surface area contributed by atoms with Crippen molar-refractivity contribution in [2.45, 2.75) is 30.2 Å². The maximum absolute atomic E-state index is 12.9. The highest BCUT2D eigenvalue weighted by Crippen LogP contribution is 2.36. The van der Waals surface area contributed by atoms with Gasteiger partial charge in [0.25, 0.3) is 5.91 Å². The smallest absolute Gasteiger partial charge is 0.315 e. The van der Waals surface area contributed by atoms with Gasteiger partial charge in [-0.25, -0.2) is 8.79 Å². The van der Waals surface area contributed by atoms with Crippen molar-refractivity contribution in [1.29, 1.82) is 0 Å². The first-order chi connectivity index (χ1) is 10.5. The molecule has 1 aliphatic rings. The van der Waals surface area contributed by atoms with Crippen molar-refractivity contribution < 1.29 is 23.1 Å². The van der Waals surface area contributed by atoms with E-state index in [9.17, 15) is 23.1 Å². The minimum atomic E-state index is -3.25. The highest BCUT2D eigenvalue weighted by atomic mass is 32.2. The van der Waals surface area contributed by atoms with Crippen LogP contribution < -0.4 is 5.32 Å². The van der Waals surface area contributed by atoms with Crippen molar-refractivity contribution in [3.05, 3.63) is 35.4 Å². The van der Waals surface area contributed by atoms with E-state index in [0.717, 1.165) is 12.0 Å². The van der Waals surface area contributed by atoms with Gasteiger partial charge in [0.1, 0.15) is 12.8 Å². The molecule has 1 aliphatic heterocycles. The number of alkyl halides is 3. The van der Waals surface area contributed by atoms with Crippen LogP contribution in [-0.4, -0.2) is 36.4 Å².